The molecular formula is C20H14ClN5O. The molecule has 0 bridgehead atoms. The Morgan fingerprint density at radius 3 is 2.67 bits per heavy atom. The summed E-state index contributed by atoms with van der Waals surface area (Å²) in [6.07, 6.45) is 1.55. The van der Waals surface area contributed by atoms with Crippen LogP contribution in [0.3, 0.4) is 0 Å². The van der Waals surface area contributed by atoms with E-state index in [1.54, 1.807) is 37.3 Å². The zero-order valence-corrected chi connectivity index (χ0v) is 15.1. The Balaban J connectivity index is 1.81. The van der Waals surface area contributed by atoms with Crippen molar-refractivity contribution in [2.75, 3.05) is 0 Å². The number of para-hydroxylation sites is 2. The van der Waals surface area contributed by atoms with Gasteiger partial charge in [0.2, 0.25) is 0 Å². The lowest BCUT2D eigenvalue weighted by Crippen LogP contribution is -2.15. The van der Waals surface area contributed by atoms with E-state index in [9.17, 15) is 10.1 Å². The number of benzene rings is 2. The molecule has 0 fully saturated rings. The summed E-state index contributed by atoms with van der Waals surface area (Å²) in [4.78, 5) is 20.4. The number of aryl methyl sites for hydroxylation is 1. The number of rotatable bonds is 3. The summed E-state index contributed by atoms with van der Waals surface area (Å²) in [5.41, 5.74) is 3.35. The predicted molar refractivity (Wildman–Crippen MR) is 106 cm³/mol. The minimum Gasteiger partial charge on any atom is -0.337 e. The molecule has 132 valence electrons. The van der Waals surface area contributed by atoms with Gasteiger partial charge in [0.15, 0.2) is 0 Å². The Bertz CT molecular complexity index is 1240. The third kappa shape index (κ3) is 3.05. The van der Waals surface area contributed by atoms with Gasteiger partial charge in [0.1, 0.15) is 11.9 Å². The number of allylic oxidation sites excluding steroid dienone is 1. The zero-order chi connectivity index (χ0) is 19.0. The number of fused-ring (bicyclic) bond motifs is 1. The van der Waals surface area contributed by atoms with Crippen molar-refractivity contribution in [1.82, 2.24) is 19.7 Å². The molecule has 27 heavy (non-hydrogen) atoms. The fourth-order valence-corrected chi connectivity index (χ4v) is 3.01. The maximum atomic E-state index is 12.8. The quantitative estimate of drug-likeness (QED) is 0.529. The van der Waals surface area contributed by atoms with Gasteiger partial charge in [-0.25, -0.2) is 9.67 Å². The van der Waals surface area contributed by atoms with Crippen molar-refractivity contribution in [3.8, 4) is 11.8 Å². The van der Waals surface area contributed by atoms with Crippen LogP contribution in [-0.4, -0.2) is 19.7 Å². The van der Waals surface area contributed by atoms with E-state index in [2.05, 4.69) is 21.1 Å². The van der Waals surface area contributed by atoms with Gasteiger partial charge >= 0.3 is 0 Å². The minimum atomic E-state index is -0.251. The first-order valence-electron chi connectivity index (χ1n) is 8.21. The lowest BCUT2D eigenvalue weighted by atomic mass is 10.1. The first-order valence-corrected chi connectivity index (χ1v) is 8.59. The molecule has 4 aromatic rings. The summed E-state index contributed by atoms with van der Waals surface area (Å²) in [7, 11) is 0. The second-order valence-electron chi connectivity index (χ2n) is 6.04. The molecule has 0 saturated heterocycles. The van der Waals surface area contributed by atoms with Gasteiger partial charge in [0.25, 0.3) is 5.56 Å². The van der Waals surface area contributed by atoms with Crippen LogP contribution >= 0.6 is 11.6 Å². The molecule has 0 spiro atoms. The summed E-state index contributed by atoms with van der Waals surface area (Å²) >= 11 is 5.91. The molecule has 0 saturated carbocycles. The SMILES string of the molecule is Cc1[nH]n(-c2ccc(Cl)cc2)c(=O)c1C=C(C#N)c1nc2ccccc2[nH]1. The van der Waals surface area contributed by atoms with Crippen LogP contribution in [0.15, 0.2) is 53.3 Å². The second-order valence-corrected chi connectivity index (χ2v) is 6.48. The van der Waals surface area contributed by atoms with E-state index in [4.69, 9.17) is 11.6 Å². The highest BCUT2D eigenvalue weighted by atomic mass is 35.5. The molecule has 0 unspecified atom stereocenters. The van der Waals surface area contributed by atoms with Crippen LogP contribution in [0.2, 0.25) is 5.02 Å². The van der Waals surface area contributed by atoms with E-state index in [1.165, 1.54) is 4.68 Å². The molecule has 0 aliphatic heterocycles. The van der Waals surface area contributed by atoms with Gasteiger partial charge in [-0.2, -0.15) is 5.26 Å². The van der Waals surface area contributed by atoms with Crippen LogP contribution in [0, 0.1) is 18.3 Å². The number of halogens is 1. The van der Waals surface area contributed by atoms with E-state index in [0.717, 1.165) is 11.0 Å². The van der Waals surface area contributed by atoms with E-state index < -0.39 is 0 Å². The number of imidazole rings is 1. The van der Waals surface area contributed by atoms with Gasteiger partial charge in [0, 0.05) is 10.7 Å². The second kappa shape index (κ2) is 6.63. The Hall–Kier alpha value is -3.56. The smallest absolute Gasteiger partial charge is 0.278 e. The van der Waals surface area contributed by atoms with Gasteiger partial charge in [0.05, 0.1) is 27.9 Å². The fraction of sp³-hybridized carbons (Fsp3) is 0.0500. The first kappa shape index (κ1) is 16.9. The fourth-order valence-electron chi connectivity index (χ4n) is 2.88. The van der Waals surface area contributed by atoms with Crippen molar-refractivity contribution in [3.63, 3.8) is 0 Å². The summed E-state index contributed by atoms with van der Waals surface area (Å²) in [5.74, 6) is 0.428. The van der Waals surface area contributed by atoms with Crippen molar-refractivity contribution in [2.45, 2.75) is 6.92 Å². The monoisotopic (exact) mass is 375 g/mol. The molecule has 2 heterocycles. The molecule has 0 radical (unpaired) electrons. The number of hydrogen-bond donors (Lipinski definition) is 2. The van der Waals surface area contributed by atoms with Crippen molar-refractivity contribution < 1.29 is 0 Å². The van der Waals surface area contributed by atoms with E-state index in [1.807, 2.05) is 24.3 Å². The van der Waals surface area contributed by atoms with Gasteiger partial charge < -0.3 is 4.98 Å². The average Bonchev–Trinajstić information content (AvgIpc) is 3.22. The van der Waals surface area contributed by atoms with Crippen LogP contribution in [0.1, 0.15) is 17.1 Å². The maximum Gasteiger partial charge on any atom is 0.278 e. The van der Waals surface area contributed by atoms with Crippen molar-refractivity contribution >= 4 is 34.3 Å². The zero-order valence-electron chi connectivity index (χ0n) is 14.3. The average molecular weight is 376 g/mol. The molecule has 6 nitrogen and oxygen atoms in total. The van der Waals surface area contributed by atoms with Gasteiger partial charge in [-0.05, 0) is 49.4 Å². The Labute approximate surface area is 159 Å². The lowest BCUT2D eigenvalue weighted by Gasteiger charge is -2.00. The number of nitrogens with zero attached hydrogens (tertiary/aromatic N) is 3. The van der Waals surface area contributed by atoms with Gasteiger partial charge in [-0.15, -0.1) is 0 Å². The molecule has 0 aliphatic carbocycles. The number of hydrogen-bond acceptors (Lipinski definition) is 3. The molecule has 4 rings (SSSR count). The highest BCUT2D eigenvalue weighted by molar-refractivity contribution is 6.30. The largest absolute Gasteiger partial charge is 0.337 e. The van der Waals surface area contributed by atoms with E-state index >= 15 is 0 Å². The number of nitrogens with one attached hydrogen (secondary N) is 2. The molecule has 7 heteroatoms. The summed E-state index contributed by atoms with van der Waals surface area (Å²) < 4.78 is 1.42. The molecule has 2 N–H and O–H groups in total. The summed E-state index contributed by atoms with van der Waals surface area (Å²) in [6, 6.07) is 16.6. The number of aromatic amines is 2. The Morgan fingerprint density at radius 2 is 1.96 bits per heavy atom. The minimum absolute atomic E-state index is 0.251. The van der Waals surface area contributed by atoms with Crippen LogP contribution in [0.5, 0.6) is 0 Å². The van der Waals surface area contributed by atoms with Crippen molar-refractivity contribution in [2.24, 2.45) is 0 Å². The molecular weight excluding hydrogens is 362 g/mol. The first-order chi connectivity index (χ1) is 13.1. The summed E-state index contributed by atoms with van der Waals surface area (Å²) in [6.45, 7) is 1.79. The van der Waals surface area contributed by atoms with Crippen molar-refractivity contribution in [3.05, 3.63) is 81.0 Å². The molecule has 0 aliphatic rings. The van der Waals surface area contributed by atoms with Crippen LogP contribution < -0.4 is 5.56 Å². The van der Waals surface area contributed by atoms with Gasteiger partial charge in [-0.1, -0.05) is 23.7 Å². The third-order valence-corrected chi connectivity index (χ3v) is 4.51. The third-order valence-electron chi connectivity index (χ3n) is 4.26. The highest BCUT2D eigenvalue weighted by Gasteiger charge is 2.14. The molecule has 0 atom stereocenters. The highest BCUT2D eigenvalue weighted by Crippen LogP contribution is 2.19. The standard InChI is InChI=1S/C20H14ClN5O/c1-12-16(20(27)26(25-12)15-8-6-14(21)7-9-15)10-13(11-22)19-23-17-4-2-3-5-18(17)24-19/h2-10,25H,1H3,(H,23,24). The maximum absolute atomic E-state index is 12.8. The lowest BCUT2D eigenvalue weighted by molar-refractivity contribution is 0.835. The topological polar surface area (TPSA) is 90.3 Å². The van der Waals surface area contributed by atoms with Crippen molar-refractivity contribution in [1.29, 1.82) is 5.26 Å². The number of nitriles is 1. The van der Waals surface area contributed by atoms with Gasteiger partial charge in [-0.3, -0.25) is 9.89 Å². The van der Waals surface area contributed by atoms with E-state index in [-0.39, 0.29) is 11.1 Å². The Kier molecular flexibility index (Phi) is 4.15. The van der Waals surface area contributed by atoms with Crippen LogP contribution in [-0.2, 0) is 0 Å². The number of aromatic nitrogens is 4. The molecule has 2 aromatic heterocycles. The molecule has 2 aromatic carbocycles. The molecule has 0 amide bonds. The van der Waals surface area contributed by atoms with E-state index in [0.29, 0.717) is 27.8 Å². The number of H-pyrrole nitrogens is 2. The predicted octanol–water partition coefficient (Wildman–Crippen LogP) is 4.07. The normalized spacial score (nSPS) is 11.7. The Morgan fingerprint density at radius 1 is 1.22 bits per heavy atom. The van der Waals surface area contributed by atoms with Crippen LogP contribution in [0.4, 0.5) is 0 Å². The van der Waals surface area contributed by atoms with Crippen LogP contribution in [0.25, 0.3) is 28.4 Å². The summed E-state index contributed by atoms with van der Waals surface area (Å²) in [5, 5.41) is 13.2.